The summed E-state index contributed by atoms with van der Waals surface area (Å²) in [5, 5.41) is 12.5. The van der Waals surface area contributed by atoms with Crippen LogP contribution in [-0.4, -0.2) is 52.9 Å². The average molecular weight is 544 g/mol. The monoisotopic (exact) mass is 543 g/mol. The van der Waals surface area contributed by atoms with Gasteiger partial charge in [-0.25, -0.2) is 14.2 Å². The number of hydrogen-bond acceptors (Lipinski definition) is 5. The van der Waals surface area contributed by atoms with E-state index in [2.05, 4.69) is 18.7 Å². The molecule has 2 bridgehead atoms. The number of likely N-dealkylation sites (tertiary alicyclic amines) is 1. The van der Waals surface area contributed by atoms with E-state index in [4.69, 9.17) is 9.72 Å². The molecule has 40 heavy (non-hydrogen) atoms. The summed E-state index contributed by atoms with van der Waals surface area (Å²) in [6.07, 6.45) is 2.49. The maximum absolute atomic E-state index is 16.9. The molecular formula is C33H38FN3O3. The number of carbonyl (C=O) groups is 1. The molecule has 3 fully saturated rings. The number of amides is 1. The number of phenols is 1. The molecule has 2 aliphatic heterocycles. The van der Waals surface area contributed by atoms with Crippen molar-refractivity contribution in [1.82, 2.24) is 9.88 Å². The van der Waals surface area contributed by atoms with Crippen LogP contribution >= 0.6 is 0 Å². The molecular weight excluding hydrogens is 505 g/mol. The van der Waals surface area contributed by atoms with E-state index in [-0.39, 0.29) is 28.5 Å². The van der Waals surface area contributed by atoms with Crippen molar-refractivity contribution >= 4 is 22.7 Å². The molecule has 1 amide bonds. The van der Waals surface area contributed by atoms with Gasteiger partial charge in [-0.3, -0.25) is 0 Å². The number of nitrogens with zero attached hydrogens (tertiary/aromatic N) is 3. The summed E-state index contributed by atoms with van der Waals surface area (Å²) in [5.74, 6) is 1.05. The fourth-order valence-corrected chi connectivity index (χ4v) is 7.76. The number of aromatic nitrogens is 1. The van der Waals surface area contributed by atoms with Gasteiger partial charge in [-0.1, -0.05) is 38.1 Å². The van der Waals surface area contributed by atoms with Crippen molar-refractivity contribution in [2.75, 3.05) is 31.1 Å². The number of aromatic hydroxyl groups is 1. The number of rotatable bonds is 2. The van der Waals surface area contributed by atoms with Crippen LogP contribution in [0.1, 0.15) is 64.6 Å². The molecule has 210 valence electrons. The van der Waals surface area contributed by atoms with Crippen LogP contribution in [0.15, 0.2) is 36.4 Å². The van der Waals surface area contributed by atoms with Crippen molar-refractivity contribution < 1.29 is 19.0 Å². The van der Waals surface area contributed by atoms with Crippen LogP contribution in [0.2, 0.25) is 0 Å². The van der Waals surface area contributed by atoms with Gasteiger partial charge in [0.25, 0.3) is 0 Å². The average Bonchev–Trinajstić information content (AvgIpc) is 3.31. The molecule has 2 atom stereocenters. The smallest absolute Gasteiger partial charge is 0.410 e. The number of halogens is 1. The third-order valence-corrected chi connectivity index (χ3v) is 10.1. The first-order valence-electron chi connectivity index (χ1n) is 14.5. The second-order valence-corrected chi connectivity index (χ2v) is 14.2. The highest BCUT2D eigenvalue weighted by Gasteiger charge is 2.55. The van der Waals surface area contributed by atoms with E-state index in [1.807, 2.05) is 45.0 Å². The van der Waals surface area contributed by atoms with Crippen LogP contribution < -0.4 is 4.90 Å². The SMILES string of the molecule is CC(C)(C)OC(=O)N1CC2(CCN(c3nc4c(c(-c5cc(O)cc6ccccc56)c3F)C[C@H]3C[C@@H]4C3(C)C)C2)C1. The van der Waals surface area contributed by atoms with Gasteiger partial charge in [-0.05, 0) is 85.4 Å². The summed E-state index contributed by atoms with van der Waals surface area (Å²) in [7, 11) is 0. The number of hydrogen-bond donors (Lipinski definition) is 1. The lowest BCUT2D eigenvalue weighted by molar-refractivity contribution is -0.0266. The van der Waals surface area contributed by atoms with Crippen LogP contribution in [0, 0.1) is 22.6 Å². The van der Waals surface area contributed by atoms with Gasteiger partial charge in [0.05, 0.1) is 5.69 Å². The van der Waals surface area contributed by atoms with E-state index in [9.17, 15) is 9.90 Å². The summed E-state index contributed by atoms with van der Waals surface area (Å²) in [6.45, 7) is 12.8. The van der Waals surface area contributed by atoms with Crippen LogP contribution in [0.3, 0.4) is 0 Å². The summed E-state index contributed by atoms with van der Waals surface area (Å²) in [5.41, 5.74) is 2.91. The highest BCUT2D eigenvalue weighted by atomic mass is 19.1. The second-order valence-electron chi connectivity index (χ2n) is 14.2. The largest absolute Gasteiger partial charge is 0.508 e. The van der Waals surface area contributed by atoms with E-state index in [1.54, 1.807) is 17.0 Å². The number of benzene rings is 2. The highest BCUT2D eigenvalue weighted by Crippen LogP contribution is 2.63. The van der Waals surface area contributed by atoms with E-state index >= 15 is 4.39 Å². The molecule has 6 nitrogen and oxygen atoms in total. The van der Waals surface area contributed by atoms with Gasteiger partial charge in [-0.15, -0.1) is 0 Å². The second kappa shape index (κ2) is 8.34. The molecule has 1 N–H and O–H groups in total. The summed E-state index contributed by atoms with van der Waals surface area (Å²) in [4.78, 5) is 21.5. The first kappa shape index (κ1) is 25.6. The molecule has 1 saturated carbocycles. The van der Waals surface area contributed by atoms with Crippen molar-refractivity contribution in [3.8, 4) is 16.9 Å². The van der Waals surface area contributed by atoms with Crippen molar-refractivity contribution in [3.63, 3.8) is 0 Å². The Kier molecular flexibility index (Phi) is 5.34. The summed E-state index contributed by atoms with van der Waals surface area (Å²) < 4.78 is 22.4. The van der Waals surface area contributed by atoms with Crippen LogP contribution in [0.25, 0.3) is 21.9 Å². The Balaban J connectivity index is 1.28. The minimum atomic E-state index is -0.529. The Labute approximate surface area is 235 Å². The van der Waals surface area contributed by atoms with Gasteiger partial charge in [0.2, 0.25) is 0 Å². The summed E-state index contributed by atoms with van der Waals surface area (Å²) >= 11 is 0. The molecule has 0 unspecified atom stereocenters. The molecule has 2 aromatic carbocycles. The highest BCUT2D eigenvalue weighted by molar-refractivity contribution is 5.99. The Morgan fingerprint density at radius 1 is 1.15 bits per heavy atom. The molecule has 1 aromatic heterocycles. The number of anilines is 1. The lowest BCUT2D eigenvalue weighted by Gasteiger charge is -2.57. The van der Waals surface area contributed by atoms with Crippen molar-refractivity contribution in [2.45, 2.75) is 65.4 Å². The zero-order valence-electron chi connectivity index (χ0n) is 24.1. The number of carbonyl (C=O) groups excluding carboxylic acids is 1. The van der Waals surface area contributed by atoms with Crippen LogP contribution in [0.4, 0.5) is 15.0 Å². The molecule has 2 saturated heterocycles. The maximum atomic E-state index is 16.9. The van der Waals surface area contributed by atoms with Crippen molar-refractivity contribution in [2.24, 2.45) is 16.7 Å². The van der Waals surface area contributed by atoms with E-state index < -0.39 is 5.60 Å². The minimum Gasteiger partial charge on any atom is -0.508 e. The standard InChI is InChI=1S/C33H38FN3O3/c1-31(2,3)40-30(39)37-17-33(18-37)10-11-36(16-33)29-27(34)26(23-15-21(38)12-19-8-6-7-9-22(19)23)24-13-20-14-25(28(24)35-29)32(20,4)5/h6-9,12,15,20,25,38H,10-11,13-14,16-18H2,1-5H3/t20-,25-/m0/s1. The molecule has 0 radical (unpaired) electrons. The number of ether oxygens (including phenoxy) is 1. The molecule has 7 heteroatoms. The van der Waals surface area contributed by atoms with Crippen molar-refractivity contribution in [1.29, 1.82) is 0 Å². The lowest BCUT2D eigenvalue weighted by atomic mass is 9.48. The molecule has 3 aromatic rings. The van der Waals surface area contributed by atoms with E-state index in [0.29, 0.717) is 49.4 Å². The van der Waals surface area contributed by atoms with Gasteiger partial charge in [-0.2, -0.15) is 0 Å². The van der Waals surface area contributed by atoms with Gasteiger partial charge >= 0.3 is 6.09 Å². The minimum absolute atomic E-state index is 0.0698. The number of fused-ring (bicyclic) bond motifs is 1. The zero-order chi connectivity index (χ0) is 28.2. The third kappa shape index (κ3) is 3.80. The molecule has 3 heterocycles. The molecule has 8 rings (SSSR count). The van der Waals surface area contributed by atoms with Crippen LogP contribution in [-0.2, 0) is 11.2 Å². The quantitative estimate of drug-likeness (QED) is 0.382. The molecule has 3 aliphatic carbocycles. The predicted molar refractivity (Wildman–Crippen MR) is 154 cm³/mol. The molecule has 1 spiro atoms. The zero-order valence-corrected chi connectivity index (χ0v) is 24.1. The lowest BCUT2D eigenvalue weighted by Crippen LogP contribution is -2.60. The van der Waals surface area contributed by atoms with Gasteiger partial charge in [0.1, 0.15) is 11.4 Å². The van der Waals surface area contributed by atoms with Gasteiger partial charge in [0.15, 0.2) is 11.6 Å². The normalized spacial score (nSPS) is 24.1. The fourth-order valence-electron chi connectivity index (χ4n) is 7.76. The van der Waals surface area contributed by atoms with Crippen LogP contribution in [0.5, 0.6) is 5.75 Å². The maximum Gasteiger partial charge on any atom is 0.410 e. The number of pyridine rings is 1. The van der Waals surface area contributed by atoms with Crippen molar-refractivity contribution in [3.05, 3.63) is 53.5 Å². The summed E-state index contributed by atoms with van der Waals surface area (Å²) in [6, 6.07) is 11.3. The van der Waals surface area contributed by atoms with E-state index in [1.165, 1.54) is 0 Å². The Morgan fingerprint density at radius 3 is 2.62 bits per heavy atom. The topological polar surface area (TPSA) is 65.9 Å². The Hall–Kier alpha value is -3.35. The predicted octanol–water partition coefficient (Wildman–Crippen LogP) is 6.88. The van der Waals surface area contributed by atoms with E-state index in [0.717, 1.165) is 46.9 Å². The van der Waals surface area contributed by atoms with Gasteiger partial charge in [0, 0.05) is 43.1 Å². The Morgan fingerprint density at radius 2 is 1.90 bits per heavy atom. The third-order valence-electron chi connectivity index (χ3n) is 10.1. The molecule has 5 aliphatic rings. The number of phenolic OH excluding ortho intramolecular Hbond substituents is 1. The Bertz CT molecular complexity index is 1550. The first-order chi connectivity index (χ1) is 18.9. The first-order valence-corrected chi connectivity index (χ1v) is 14.5. The van der Waals surface area contributed by atoms with Gasteiger partial charge < -0.3 is 19.6 Å². The fraction of sp³-hybridized carbons (Fsp3) is 0.515.